The van der Waals surface area contributed by atoms with E-state index in [1.165, 1.54) is 0 Å². The summed E-state index contributed by atoms with van der Waals surface area (Å²) in [5.41, 5.74) is 1.40. The number of rotatable bonds is 6. The molecule has 0 heterocycles. The smallest absolute Gasteiger partial charge is 0.203 e. The Bertz CT molecular complexity index is 439. The molecule has 0 aliphatic carbocycles. The molecule has 0 N–H and O–H groups in total. The summed E-state index contributed by atoms with van der Waals surface area (Å²) in [6, 6.07) is 18.4. The van der Waals surface area contributed by atoms with Gasteiger partial charge in [0.05, 0.1) is 11.4 Å². The number of anilines is 2. The zero-order valence-corrected chi connectivity index (χ0v) is 11.5. The van der Waals surface area contributed by atoms with Gasteiger partial charge in [-0.05, 0) is 24.3 Å². The van der Waals surface area contributed by atoms with Crippen LogP contribution >= 0.6 is 23.6 Å². The minimum absolute atomic E-state index is 0.114. The van der Waals surface area contributed by atoms with Crippen molar-refractivity contribution in [2.75, 3.05) is 16.0 Å². The summed E-state index contributed by atoms with van der Waals surface area (Å²) >= 11 is 11.8. The Morgan fingerprint density at radius 2 is 1.05 bits per heavy atom. The van der Waals surface area contributed by atoms with Gasteiger partial charge in [-0.3, -0.25) is 0 Å². The first-order valence-electron chi connectivity index (χ1n) is 5.55. The Kier molecular flexibility index (Phi) is 5.30. The number of nitrogens with zero attached hydrogens (tertiary/aromatic N) is 2. The van der Waals surface area contributed by atoms with E-state index in [0.29, 0.717) is 11.4 Å². The summed E-state index contributed by atoms with van der Waals surface area (Å²) in [7, 11) is 0. The minimum Gasteiger partial charge on any atom is -0.226 e. The number of para-hydroxylation sites is 2. The van der Waals surface area contributed by atoms with Gasteiger partial charge in [-0.1, -0.05) is 36.4 Å². The van der Waals surface area contributed by atoms with Crippen LogP contribution in [0.3, 0.4) is 0 Å². The highest BCUT2D eigenvalue weighted by Gasteiger charge is 2.06. The topological polar surface area (TPSA) is 24.9 Å². The second kappa shape index (κ2) is 7.21. The van der Waals surface area contributed by atoms with Gasteiger partial charge >= 0.3 is 0 Å². The molecule has 0 unspecified atom stereocenters. The fourth-order valence-corrected chi connectivity index (χ4v) is 1.66. The summed E-state index contributed by atoms with van der Waals surface area (Å²) < 4.78 is 2.19. The molecule has 19 heavy (non-hydrogen) atoms. The standard InChI is InChI=1S/C13H12Cl2N2O2/c14-16(12-7-3-1-4-8-12)18-11-19-17(15)13-9-5-2-6-10-13/h1-10H,11H2. The van der Waals surface area contributed by atoms with Gasteiger partial charge in [0.1, 0.15) is 0 Å². The zero-order valence-electron chi connectivity index (χ0n) is 9.95. The van der Waals surface area contributed by atoms with Crippen LogP contribution in [-0.2, 0) is 9.68 Å². The summed E-state index contributed by atoms with van der Waals surface area (Å²) in [4.78, 5) is 10.3. The van der Waals surface area contributed by atoms with Crippen LogP contribution in [0.25, 0.3) is 0 Å². The maximum absolute atomic E-state index is 5.91. The molecule has 0 saturated heterocycles. The van der Waals surface area contributed by atoms with Crippen LogP contribution < -0.4 is 9.16 Å². The molecule has 100 valence electrons. The van der Waals surface area contributed by atoms with Crippen molar-refractivity contribution in [1.29, 1.82) is 0 Å². The van der Waals surface area contributed by atoms with Crippen LogP contribution in [0.4, 0.5) is 11.4 Å². The van der Waals surface area contributed by atoms with E-state index >= 15 is 0 Å². The van der Waals surface area contributed by atoms with Crippen LogP contribution in [0, 0.1) is 0 Å². The molecular weight excluding hydrogens is 287 g/mol. The van der Waals surface area contributed by atoms with Gasteiger partial charge in [0.25, 0.3) is 0 Å². The lowest BCUT2D eigenvalue weighted by molar-refractivity contribution is -0.0423. The minimum atomic E-state index is -0.114. The average Bonchev–Trinajstić information content (AvgIpc) is 2.49. The maximum Gasteiger partial charge on any atom is 0.203 e. The normalized spacial score (nSPS) is 10.2. The van der Waals surface area contributed by atoms with Crippen molar-refractivity contribution in [2.45, 2.75) is 0 Å². The van der Waals surface area contributed by atoms with E-state index in [1.807, 2.05) is 60.7 Å². The van der Waals surface area contributed by atoms with Crippen molar-refractivity contribution in [3.05, 3.63) is 60.7 Å². The lowest BCUT2D eigenvalue weighted by atomic mass is 10.3. The zero-order chi connectivity index (χ0) is 13.5. The molecule has 0 aliphatic rings. The second-order valence-corrected chi connectivity index (χ2v) is 4.15. The van der Waals surface area contributed by atoms with E-state index < -0.39 is 0 Å². The predicted octanol–water partition coefficient (Wildman–Crippen LogP) is 4.13. The van der Waals surface area contributed by atoms with Crippen molar-refractivity contribution in [3.8, 4) is 0 Å². The Hall–Kier alpha value is -1.46. The van der Waals surface area contributed by atoms with Gasteiger partial charge in [-0.25, -0.2) is 9.68 Å². The molecule has 0 saturated carbocycles. The van der Waals surface area contributed by atoms with Crippen LogP contribution in [0.1, 0.15) is 0 Å². The van der Waals surface area contributed by atoms with Crippen LogP contribution in [0.15, 0.2) is 60.7 Å². The van der Waals surface area contributed by atoms with Crippen molar-refractivity contribution in [3.63, 3.8) is 0 Å². The number of hydrogen-bond donors (Lipinski definition) is 0. The van der Waals surface area contributed by atoms with E-state index in [2.05, 4.69) is 0 Å². The molecule has 4 nitrogen and oxygen atoms in total. The van der Waals surface area contributed by atoms with Crippen LogP contribution in [-0.4, -0.2) is 6.79 Å². The highest BCUT2D eigenvalue weighted by atomic mass is 35.5. The van der Waals surface area contributed by atoms with Gasteiger partial charge < -0.3 is 0 Å². The third kappa shape index (κ3) is 4.29. The Labute approximate surface area is 121 Å². The molecule has 0 aromatic heterocycles. The van der Waals surface area contributed by atoms with Gasteiger partial charge in [0, 0.05) is 23.6 Å². The molecule has 0 fully saturated rings. The highest BCUT2D eigenvalue weighted by Crippen LogP contribution is 2.18. The number of hydrogen-bond acceptors (Lipinski definition) is 4. The molecule has 0 aliphatic heterocycles. The summed E-state index contributed by atoms with van der Waals surface area (Å²) in [6.45, 7) is -0.114. The fourth-order valence-electron chi connectivity index (χ4n) is 1.36. The van der Waals surface area contributed by atoms with E-state index in [-0.39, 0.29) is 6.79 Å². The number of halogens is 2. The summed E-state index contributed by atoms with van der Waals surface area (Å²) in [5, 5.41) is 0. The summed E-state index contributed by atoms with van der Waals surface area (Å²) in [6.07, 6.45) is 0. The molecule has 0 radical (unpaired) electrons. The molecule has 2 aromatic carbocycles. The predicted molar refractivity (Wildman–Crippen MR) is 76.6 cm³/mol. The largest absolute Gasteiger partial charge is 0.226 e. The lowest BCUT2D eigenvalue weighted by Crippen LogP contribution is -2.19. The van der Waals surface area contributed by atoms with E-state index in [0.717, 1.165) is 9.16 Å². The molecule has 2 aromatic rings. The molecule has 0 atom stereocenters. The van der Waals surface area contributed by atoms with Crippen LogP contribution in [0.2, 0.25) is 0 Å². The Balaban J connectivity index is 1.78. The first-order valence-corrected chi connectivity index (χ1v) is 6.23. The molecule has 0 spiro atoms. The van der Waals surface area contributed by atoms with E-state index in [1.54, 1.807) is 0 Å². The third-order valence-electron chi connectivity index (χ3n) is 2.25. The molecular formula is C13H12Cl2N2O2. The average molecular weight is 299 g/mol. The highest BCUT2D eigenvalue weighted by molar-refractivity contribution is 6.24. The number of benzene rings is 2. The van der Waals surface area contributed by atoms with Crippen LogP contribution in [0.5, 0.6) is 0 Å². The Morgan fingerprint density at radius 1 is 0.684 bits per heavy atom. The van der Waals surface area contributed by atoms with E-state index in [9.17, 15) is 0 Å². The third-order valence-corrected chi connectivity index (χ3v) is 2.84. The van der Waals surface area contributed by atoms with Crippen molar-refractivity contribution < 1.29 is 9.68 Å². The van der Waals surface area contributed by atoms with Gasteiger partial charge in [-0.2, -0.15) is 9.16 Å². The molecule has 2 rings (SSSR count). The molecule has 0 bridgehead atoms. The summed E-state index contributed by atoms with van der Waals surface area (Å²) in [5.74, 6) is 0. The first kappa shape index (κ1) is 14.0. The molecule has 0 amide bonds. The second-order valence-electron chi connectivity index (χ2n) is 3.54. The van der Waals surface area contributed by atoms with Crippen molar-refractivity contribution >= 4 is 34.9 Å². The first-order chi connectivity index (χ1) is 9.27. The van der Waals surface area contributed by atoms with E-state index in [4.69, 9.17) is 33.2 Å². The van der Waals surface area contributed by atoms with Crippen molar-refractivity contribution in [1.82, 2.24) is 0 Å². The van der Waals surface area contributed by atoms with Gasteiger partial charge in [-0.15, -0.1) is 0 Å². The SMILES string of the molecule is ClN(OCON(Cl)c1ccccc1)c1ccccc1. The van der Waals surface area contributed by atoms with Gasteiger partial charge in [0.2, 0.25) is 6.79 Å². The quantitative estimate of drug-likeness (QED) is 0.455. The van der Waals surface area contributed by atoms with Gasteiger partial charge in [0.15, 0.2) is 0 Å². The van der Waals surface area contributed by atoms with Crippen molar-refractivity contribution in [2.24, 2.45) is 0 Å². The maximum atomic E-state index is 5.91. The monoisotopic (exact) mass is 298 g/mol. The lowest BCUT2D eigenvalue weighted by Gasteiger charge is -2.18. The Morgan fingerprint density at radius 3 is 1.42 bits per heavy atom. The fraction of sp³-hybridized carbons (Fsp3) is 0.0769. The molecule has 6 heteroatoms.